The molecule has 1 fully saturated rings. The second-order valence-electron chi connectivity index (χ2n) is 9.50. The van der Waals surface area contributed by atoms with Gasteiger partial charge in [0.25, 0.3) is 10.0 Å². The van der Waals surface area contributed by atoms with Crippen molar-refractivity contribution in [3.63, 3.8) is 0 Å². The lowest BCUT2D eigenvalue weighted by Crippen LogP contribution is -2.49. The first-order chi connectivity index (χ1) is 16.8. The van der Waals surface area contributed by atoms with Crippen LogP contribution in [0.15, 0.2) is 53.7 Å². The summed E-state index contributed by atoms with van der Waals surface area (Å²) >= 11 is 6.16. The molecule has 10 heteroatoms. The number of ether oxygens (including phenoxy) is 1. The van der Waals surface area contributed by atoms with Crippen molar-refractivity contribution in [2.24, 2.45) is 7.05 Å². The molecule has 2 heterocycles. The van der Waals surface area contributed by atoms with Crippen LogP contribution in [-0.4, -0.2) is 37.7 Å². The van der Waals surface area contributed by atoms with Gasteiger partial charge in [-0.2, -0.15) is 0 Å². The zero-order valence-electron chi connectivity index (χ0n) is 20.5. The molecule has 7 nitrogen and oxygen atoms in total. The van der Waals surface area contributed by atoms with Gasteiger partial charge in [-0.1, -0.05) is 36.2 Å². The first kappa shape index (κ1) is 26.9. The molecule has 0 bridgehead atoms. The van der Waals surface area contributed by atoms with Crippen LogP contribution in [0.1, 0.15) is 47.8 Å². The molecular formula is C26H32Cl2N4O3S. The van der Waals surface area contributed by atoms with Crippen molar-refractivity contribution in [1.82, 2.24) is 19.6 Å². The van der Waals surface area contributed by atoms with Crippen LogP contribution in [-0.2, 0) is 28.9 Å². The van der Waals surface area contributed by atoms with Crippen molar-refractivity contribution in [1.29, 1.82) is 0 Å². The SMILES string of the molecule is Cc1nc(S(=O)(=O)NCCOc2ccc3c(c2)C(C2(c4ccc(Cl)cc4)CCC2)NCC3)cn1C.Cl. The Balaban J connectivity index is 0.00000304. The molecule has 2 aromatic carbocycles. The molecule has 1 saturated carbocycles. The first-order valence-electron chi connectivity index (χ1n) is 12.0. The molecule has 1 aliphatic heterocycles. The largest absolute Gasteiger partial charge is 0.492 e. The second kappa shape index (κ2) is 10.7. The molecule has 1 unspecified atom stereocenters. The average Bonchev–Trinajstić information content (AvgIpc) is 3.16. The number of aryl methyl sites for hydroxylation is 2. The highest BCUT2D eigenvalue weighted by molar-refractivity contribution is 7.89. The fraction of sp³-hybridized carbons (Fsp3) is 0.423. The Kier molecular flexibility index (Phi) is 8.02. The van der Waals surface area contributed by atoms with Crippen molar-refractivity contribution in [2.75, 3.05) is 19.7 Å². The summed E-state index contributed by atoms with van der Waals surface area (Å²) in [6.45, 7) is 3.10. The highest BCUT2D eigenvalue weighted by atomic mass is 35.5. The molecule has 5 rings (SSSR count). The van der Waals surface area contributed by atoms with Gasteiger partial charge in [0, 0.05) is 36.3 Å². The van der Waals surface area contributed by atoms with E-state index in [4.69, 9.17) is 16.3 Å². The third-order valence-electron chi connectivity index (χ3n) is 7.41. The minimum absolute atomic E-state index is 0. The van der Waals surface area contributed by atoms with Gasteiger partial charge in [0.1, 0.15) is 18.2 Å². The van der Waals surface area contributed by atoms with E-state index in [1.807, 2.05) is 18.2 Å². The Labute approximate surface area is 224 Å². The van der Waals surface area contributed by atoms with E-state index in [1.165, 1.54) is 29.3 Å². The van der Waals surface area contributed by atoms with E-state index in [0.29, 0.717) is 5.82 Å². The van der Waals surface area contributed by atoms with Crippen molar-refractivity contribution in [2.45, 2.75) is 49.1 Å². The van der Waals surface area contributed by atoms with E-state index in [-0.39, 0.29) is 42.0 Å². The van der Waals surface area contributed by atoms with Gasteiger partial charge in [-0.3, -0.25) is 0 Å². The van der Waals surface area contributed by atoms with Crippen LogP contribution >= 0.6 is 24.0 Å². The van der Waals surface area contributed by atoms with Crippen LogP contribution in [0.4, 0.5) is 0 Å². The van der Waals surface area contributed by atoms with Crippen LogP contribution in [0.3, 0.4) is 0 Å². The fourth-order valence-corrected chi connectivity index (χ4v) is 6.45. The van der Waals surface area contributed by atoms with E-state index in [0.717, 1.165) is 36.6 Å². The third-order valence-corrected chi connectivity index (χ3v) is 9.00. The maximum Gasteiger partial charge on any atom is 0.259 e. The molecule has 0 saturated heterocycles. The van der Waals surface area contributed by atoms with Crippen LogP contribution < -0.4 is 14.8 Å². The average molecular weight is 552 g/mol. The zero-order chi connectivity index (χ0) is 24.6. The van der Waals surface area contributed by atoms with E-state index >= 15 is 0 Å². The van der Waals surface area contributed by atoms with Gasteiger partial charge >= 0.3 is 0 Å². The summed E-state index contributed by atoms with van der Waals surface area (Å²) in [6.07, 6.45) is 5.96. The van der Waals surface area contributed by atoms with Gasteiger partial charge in [0.2, 0.25) is 0 Å². The molecule has 1 aromatic heterocycles. The summed E-state index contributed by atoms with van der Waals surface area (Å²) in [4.78, 5) is 4.10. The molecule has 2 aliphatic rings. The van der Waals surface area contributed by atoms with E-state index < -0.39 is 10.0 Å². The smallest absolute Gasteiger partial charge is 0.259 e. The molecule has 36 heavy (non-hydrogen) atoms. The van der Waals surface area contributed by atoms with Crippen LogP contribution in [0.5, 0.6) is 5.75 Å². The number of imidazole rings is 1. The second-order valence-corrected chi connectivity index (χ2v) is 11.6. The van der Waals surface area contributed by atoms with Gasteiger partial charge in [-0.25, -0.2) is 18.1 Å². The molecule has 0 spiro atoms. The minimum Gasteiger partial charge on any atom is -0.492 e. The van der Waals surface area contributed by atoms with E-state index in [1.54, 1.807) is 18.5 Å². The van der Waals surface area contributed by atoms with E-state index in [9.17, 15) is 8.42 Å². The third kappa shape index (κ3) is 5.15. The lowest BCUT2D eigenvalue weighted by atomic mass is 9.58. The quantitative estimate of drug-likeness (QED) is 0.404. The fourth-order valence-electron chi connectivity index (χ4n) is 5.27. The lowest BCUT2D eigenvalue weighted by molar-refractivity contribution is 0.164. The highest BCUT2D eigenvalue weighted by Gasteiger charge is 2.47. The Hall–Kier alpha value is -2.10. The molecule has 0 radical (unpaired) electrons. The summed E-state index contributed by atoms with van der Waals surface area (Å²) in [6, 6.07) is 14.7. The van der Waals surface area contributed by atoms with Crippen molar-refractivity contribution in [3.05, 3.63) is 76.2 Å². The van der Waals surface area contributed by atoms with Crippen molar-refractivity contribution in [3.8, 4) is 5.75 Å². The summed E-state index contributed by atoms with van der Waals surface area (Å²) in [5.41, 5.74) is 3.99. The van der Waals surface area contributed by atoms with Gasteiger partial charge in [-0.05, 0) is 73.7 Å². The molecular weight excluding hydrogens is 519 g/mol. The Morgan fingerprint density at radius 2 is 1.97 bits per heavy atom. The molecule has 3 aromatic rings. The number of nitrogens with one attached hydrogen (secondary N) is 2. The van der Waals surface area contributed by atoms with Gasteiger partial charge in [0.05, 0.1) is 0 Å². The molecule has 194 valence electrons. The van der Waals surface area contributed by atoms with Gasteiger partial charge < -0.3 is 14.6 Å². The molecule has 1 aliphatic carbocycles. The highest BCUT2D eigenvalue weighted by Crippen LogP contribution is 2.53. The number of fused-ring (bicyclic) bond motifs is 1. The van der Waals surface area contributed by atoms with Gasteiger partial charge in [0.15, 0.2) is 5.03 Å². The maximum atomic E-state index is 12.5. The van der Waals surface area contributed by atoms with Gasteiger partial charge in [-0.15, -0.1) is 12.4 Å². The summed E-state index contributed by atoms with van der Waals surface area (Å²) in [5, 5.41) is 4.56. The number of benzene rings is 2. The topological polar surface area (TPSA) is 85.2 Å². The summed E-state index contributed by atoms with van der Waals surface area (Å²) < 4.78 is 35.2. The summed E-state index contributed by atoms with van der Waals surface area (Å²) in [7, 11) is -1.90. The number of hydrogen-bond acceptors (Lipinski definition) is 5. The van der Waals surface area contributed by atoms with Crippen LogP contribution in [0.25, 0.3) is 0 Å². The number of halogens is 2. The minimum atomic E-state index is -3.67. The molecule has 2 N–H and O–H groups in total. The monoisotopic (exact) mass is 550 g/mol. The summed E-state index contributed by atoms with van der Waals surface area (Å²) in [5.74, 6) is 1.39. The Morgan fingerprint density at radius 1 is 1.22 bits per heavy atom. The number of nitrogens with zero attached hydrogens (tertiary/aromatic N) is 2. The maximum absolute atomic E-state index is 12.5. The number of hydrogen-bond donors (Lipinski definition) is 2. The predicted molar refractivity (Wildman–Crippen MR) is 144 cm³/mol. The zero-order valence-corrected chi connectivity index (χ0v) is 22.8. The molecule has 1 atom stereocenters. The Morgan fingerprint density at radius 3 is 2.61 bits per heavy atom. The standard InChI is InChI=1S/C26H31ClN4O3S.ClH/c1-18-30-24(17-31(18)2)35(32,33)29-14-15-34-22-9-4-19-10-13-28-25(23(19)16-22)26(11-3-12-26)20-5-7-21(27)8-6-20;/h4-9,16-17,25,28-29H,3,10-15H2,1-2H3;1H. The van der Waals surface area contributed by atoms with Crippen LogP contribution in [0, 0.1) is 6.92 Å². The normalized spacial score (nSPS) is 18.6. The van der Waals surface area contributed by atoms with E-state index in [2.05, 4.69) is 39.3 Å². The van der Waals surface area contributed by atoms with Crippen molar-refractivity contribution >= 4 is 34.0 Å². The first-order valence-corrected chi connectivity index (χ1v) is 13.9. The van der Waals surface area contributed by atoms with Crippen molar-refractivity contribution < 1.29 is 13.2 Å². The van der Waals surface area contributed by atoms with Crippen LogP contribution in [0.2, 0.25) is 5.02 Å². The Bertz CT molecular complexity index is 1300. The number of sulfonamides is 1. The molecule has 0 amide bonds. The lowest BCUT2D eigenvalue weighted by Gasteiger charge is -2.50. The predicted octanol–water partition coefficient (Wildman–Crippen LogP) is 4.47. The number of rotatable bonds is 8. The number of aromatic nitrogens is 2.